The first kappa shape index (κ1) is 12.8. The van der Waals surface area contributed by atoms with E-state index in [0.717, 1.165) is 40.7 Å². The highest BCUT2D eigenvalue weighted by atomic mass is 79.9. The van der Waals surface area contributed by atoms with Gasteiger partial charge in [0.25, 0.3) is 0 Å². The Bertz CT molecular complexity index is 437. The zero-order chi connectivity index (χ0) is 12.3. The van der Waals surface area contributed by atoms with Crippen molar-refractivity contribution in [2.24, 2.45) is 0 Å². The molecular formula is C12H14BrClN2O. The molecule has 2 rings (SSSR count). The summed E-state index contributed by atoms with van der Waals surface area (Å²) in [5.74, 6) is -0.200. The number of anilines is 1. The summed E-state index contributed by atoms with van der Waals surface area (Å²) in [7, 11) is 0. The maximum Gasteiger partial charge on any atom is 0.239 e. The molecule has 0 saturated heterocycles. The first-order valence-electron chi connectivity index (χ1n) is 5.74. The molecule has 17 heavy (non-hydrogen) atoms. The molecule has 0 saturated carbocycles. The molecule has 0 unspecified atom stereocenters. The number of hydrogen-bond donors (Lipinski definition) is 1. The number of fused-ring (bicyclic) bond motifs is 1. The molecule has 1 heterocycles. The third kappa shape index (κ3) is 2.99. The lowest BCUT2D eigenvalue weighted by atomic mass is 10.1. The number of pyridine rings is 1. The zero-order valence-electron chi connectivity index (χ0n) is 9.43. The Morgan fingerprint density at radius 2 is 2.18 bits per heavy atom. The van der Waals surface area contributed by atoms with Gasteiger partial charge in [-0.1, -0.05) is 6.42 Å². The maximum atomic E-state index is 11.4. The van der Waals surface area contributed by atoms with E-state index in [9.17, 15) is 4.79 Å². The molecule has 0 spiro atoms. The second kappa shape index (κ2) is 5.83. The number of nitrogens with zero attached hydrogens (tertiary/aromatic N) is 1. The molecule has 1 aliphatic carbocycles. The predicted octanol–water partition coefficient (Wildman–Crippen LogP) is 3.29. The SMILES string of the molecule is O=C(CCl)Nc1c(Br)cnc2c1CCCCC2. The van der Waals surface area contributed by atoms with E-state index < -0.39 is 0 Å². The summed E-state index contributed by atoms with van der Waals surface area (Å²) in [5, 5.41) is 2.86. The fourth-order valence-corrected chi connectivity index (χ4v) is 2.64. The number of aryl methyl sites for hydroxylation is 1. The van der Waals surface area contributed by atoms with E-state index in [0.29, 0.717) is 0 Å². The molecule has 0 radical (unpaired) electrons. The molecule has 0 aliphatic heterocycles. The third-order valence-electron chi connectivity index (χ3n) is 2.95. The number of carbonyl (C=O) groups is 1. The van der Waals surface area contributed by atoms with Gasteiger partial charge >= 0.3 is 0 Å². The van der Waals surface area contributed by atoms with E-state index in [1.165, 1.54) is 12.8 Å². The van der Waals surface area contributed by atoms with Gasteiger partial charge in [0.05, 0.1) is 10.2 Å². The first-order chi connectivity index (χ1) is 8.22. The van der Waals surface area contributed by atoms with Crippen LogP contribution >= 0.6 is 27.5 Å². The van der Waals surface area contributed by atoms with Gasteiger partial charge < -0.3 is 5.32 Å². The predicted molar refractivity (Wildman–Crippen MR) is 72.5 cm³/mol. The Balaban J connectivity index is 2.38. The number of alkyl halides is 1. The van der Waals surface area contributed by atoms with Crippen LogP contribution in [0.3, 0.4) is 0 Å². The number of carbonyl (C=O) groups excluding carboxylic acids is 1. The van der Waals surface area contributed by atoms with Crippen LogP contribution in [0.2, 0.25) is 0 Å². The minimum Gasteiger partial charge on any atom is -0.324 e. The molecule has 3 nitrogen and oxygen atoms in total. The van der Waals surface area contributed by atoms with Crippen LogP contribution in [-0.4, -0.2) is 16.8 Å². The second-order valence-corrected chi connectivity index (χ2v) is 5.27. The topological polar surface area (TPSA) is 42.0 Å². The summed E-state index contributed by atoms with van der Waals surface area (Å²) in [6.07, 6.45) is 7.26. The van der Waals surface area contributed by atoms with Crippen molar-refractivity contribution in [3.05, 3.63) is 21.9 Å². The molecule has 0 fully saturated rings. The van der Waals surface area contributed by atoms with E-state index in [1.54, 1.807) is 6.20 Å². The van der Waals surface area contributed by atoms with Crippen molar-refractivity contribution in [2.45, 2.75) is 32.1 Å². The van der Waals surface area contributed by atoms with Gasteiger partial charge in [-0.2, -0.15) is 0 Å². The van der Waals surface area contributed by atoms with Crippen molar-refractivity contribution in [3.8, 4) is 0 Å². The number of hydrogen-bond acceptors (Lipinski definition) is 2. The number of amides is 1. The van der Waals surface area contributed by atoms with Crippen LogP contribution in [0.4, 0.5) is 5.69 Å². The highest BCUT2D eigenvalue weighted by molar-refractivity contribution is 9.10. The minimum atomic E-state index is -0.176. The van der Waals surface area contributed by atoms with Gasteiger partial charge in [-0.25, -0.2) is 0 Å². The lowest BCUT2D eigenvalue weighted by molar-refractivity contribution is -0.113. The van der Waals surface area contributed by atoms with Gasteiger partial charge in [0.1, 0.15) is 5.88 Å². The third-order valence-corrected chi connectivity index (χ3v) is 3.79. The van der Waals surface area contributed by atoms with E-state index in [2.05, 4.69) is 26.2 Å². The molecule has 1 N–H and O–H groups in total. The van der Waals surface area contributed by atoms with Gasteiger partial charge in [0.2, 0.25) is 5.91 Å². The fourth-order valence-electron chi connectivity index (χ4n) is 2.13. The smallest absolute Gasteiger partial charge is 0.239 e. The molecule has 0 atom stereocenters. The molecule has 1 aromatic heterocycles. The van der Waals surface area contributed by atoms with Crippen LogP contribution in [-0.2, 0) is 17.6 Å². The highest BCUT2D eigenvalue weighted by Gasteiger charge is 2.17. The van der Waals surface area contributed by atoms with Crippen molar-refractivity contribution < 1.29 is 4.79 Å². The van der Waals surface area contributed by atoms with Crippen LogP contribution in [0.5, 0.6) is 0 Å². The summed E-state index contributed by atoms with van der Waals surface area (Å²) in [4.78, 5) is 15.9. The standard InChI is InChI=1S/C12H14BrClN2O/c13-9-7-15-10-5-3-1-2-4-8(10)12(9)16-11(17)6-14/h7H,1-6H2,(H,15,16,17). The molecule has 5 heteroatoms. The van der Waals surface area contributed by atoms with Gasteiger partial charge in [0.15, 0.2) is 0 Å². The Morgan fingerprint density at radius 1 is 1.41 bits per heavy atom. The molecule has 0 aromatic carbocycles. The van der Waals surface area contributed by atoms with Crippen LogP contribution in [0.1, 0.15) is 30.5 Å². The lowest BCUT2D eigenvalue weighted by Gasteiger charge is -2.14. The summed E-state index contributed by atoms with van der Waals surface area (Å²) >= 11 is 8.96. The average molecular weight is 318 g/mol. The van der Waals surface area contributed by atoms with Crippen molar-refractivity contribution in [2.75, 3.05) is 11.2 Å². The molecule has 0 bridgehead atoms. The molecule has 1 aliphatic rings. The van der Waals surface area contributed by atoms with Crippen molar-refractivity contribution >= 4 is 39.1 Å². The molecule has 1 amide bonds. The van der Waals surface area contributed by atoms with Crippen molar-refractivity contribution in [1.82, 2.24) is 4.98 Å². The Kier molecular flexibility index (Phi) is 4.40. The second-order valence-electron chi connectivity index (χ2n) is 4.15. The normalized spacial score (nSPS) is 14.9. The van der Waals surface area contributed by atoms with Crippen LogP contribution in [0, 0.1) is 0 Å². The molecule has 1 aromatic rings. The quantitative estimate of drug-likeness (QED) is 0.672. The lowest BCUT2D eigenvalue weighted by Crippen LogP contribution is -2.15. The Labute approximate surface area is 114 Å². The highest BCUT2D eigenvalue weighted by Crippen LogP contribution is 2.31. The van der Waals surface area contributed by atoms with E-state index in [1.807, 2.05) is 0 Å². The first-order valence-corrected chi connectivity index (χ1v) is 7.07. The minimum absolute atomic E-state index is 0.0243. The summed E-state index contributed by atoms with van der Waals surface area (Å²) < 4.78 is 0.830. The number of nitrogens with one attached hydrogen (secondary N) is 1. The summed E-state index contributed by atoms with van der Waals surface area (Å²) in [6.45, 7) is 0. The number of halogens is 2. The summed E-state index contributed by atoms with van der Waals surface area (Å²) in [6, 6.07) is 0. The van der Waals surface area contributed by atoms with Crippen LogP contribution in [0.25, 0.3) is 0 Å². The Hall–Kier alpha value is -0.610. The van der Waals surface area contributed by atoms with Crippen LogP contribution in [0.15, 0.2) is 10.7 Å². The average Bonchev–Trinajstić information content (AvgIpc) is 2.57. The Morgan fingerprint density at radius 3 is 2.94 bits per heavy atom. The summed E-state index contributed by atoms with van der Waals surface area (Å²) in [5.41, 5.74) is 3.12. The fraction of sp³-hybridized carbons (Fsp3) is 0.500. The zero-order valence-corrected chi connectivity index (χ0v) is 11.8. The van der Waals surface area contributed by atoms with E-state index in [4.69, 9.17) is 11.6 Å². The van der Waals surface area contributed by atoms with E-state index >= 15 is 0 Å². The van der Waals surface area contributed by atoms with Crippen molar-refractivity contribution in [1.29, 1.82) is 0 Å². The number of aromatic nitrogens is 1. The maximum absolute atomic E-state index is 11.4. The largest absolute Gasteiger partial charge is 0.324 e. The van der Waals surface area contributed by atoms with Crippen LogP contribution < -0.4 is 5.32 Å². The van der Waals surface area contributed by atoms with Gasteiger partial charge in [-0.15, -0.1) is 11.6 Å². The van der Waals surface area contributed by atoms with E-state index in [-0.39, 0.29) is 11.8 Å². The monoisotopic (exact) mass is 316 g/mol. The van der Waals surface area contributed by atoms with Gasteiger partial charge in [-0.05, 0) is 47.2 Å². The van der Waals surface area contributed by atoms with Gasteiger partial charge in [-0.3, -0.25) is 9.78 Å². The molecular weight excluding hydrogens is 304 g/mol. The number of rotatable bonds is 2. The molecule has 92 valence electrons. The van der Waals surface area contributed by atoms with Gasteiger partial charge in [0, 0.05) is 11.9 Å². The van der Waals surface area contributed by atoms with Crippen molar-refractivity contribution in [3.63, 3.8) is 0 Å².